The van der Waals surface area contributed by atoms with Crippen LogP contribution in [0.2, 0.25) is 0 Å². The number of carbonyl (C=O) groups excluding carboxylic acids is 2. The molecular formula is C28H28O6. The Kier molecular flexibility index (Phi) is 6.87. The second-order valence-corrected chi connectivity index (χ2v) is 9.13. The molecular weight excluding hydrogens is 432 g/mol. The van der Waals surface area contributed by atoms with Crippen LogP contribution < -0.4 is 9.47 Å². The lowest BCUT2D eigenvalue weighted by Crippen LogP contribution is -2.17. The quantitative estimate of drug-likeness (QED) is 0.169. The highest BCUT2D eigenvalue weighted by atomic mass is 16.7. The predicted octanol–water partition coefficient (Wildman–Crippen LogP) is 7.49. The lowest BCUT2D eigenvalue weighted by molar-refractivity contribution is 0.0799. The Labute approximate surface area is 198 Å². The summed E-state index contributed by atoms with van der Waals surface area (Å²) in [4.78, 5) is 24.7. The van der Waals surface area contributed by atoms with E-state index in [1.807, 2.05) is 64.1 Å². The van der Waals surface area contributed by atoms with Gasteiger partial charge in [0.25, 0.3) is 0 Å². The first kappa shape index (κ1) is 23.4. The molecule has 4 rings (SSSR count). The minimum Gasteiger partial charge on any atom is -0.434 e. The maximum atomic E-state index is 12.4. The zero-order valence-electron chi connectivity index (χ0n) is 19.8. The van der Waals surface area contributed by atoms with Gasteiger partial charge in [-0.2, -0.15) is 0 Å². The van der Waals surface area contributed by atoms with Crippen molar-refractivity contribution in [1.29, 1.82) is 0 Å². The van der Waals surface area contributed by atoms with Crippen molar-refractivity contribution in [3.05, 3.63) is 60.7 Å². The number of carbonyl (C=O) groups is 2. The topological polar surface area (TPSA) is 71.1 Å². The van der Waals surface area contributed by atoms with E-state index in [9.17, 15) is 9.59 Å². The summed E-state index contributed by atoms with van der Waals surface area (Å²) in [7, 11) is 0. The Morgan fingerprint density at radius 1 is 0.647 bits per heavy atom. The Bertz CT molecular complexity index is 1360. The second-order valence-electron chi connectivity index (χ2n) is 9.13. The third-order valence-electron chi connectivity index (χ3n) is 5.20. The molecule has 0 aliphatic rings. The van der Waals surface area contributed by atoms with Crippen molar-refractivity contribution in [3.63, 3.8) is 0 Å². The summed E-state index contributed by atoms with van der Waals surface area (Å²) < 4.78 is 21.3. The standard InChI is InChI=1S/C28H28O6/c1-17(2)15-31-27(29)33-25-10-9-21-13-22-11-19-7-5-6-8-20(19)12-23(22)14-24(21)26(25)34-28(30)32-16-18(3)4/h5-14,17-18H,15-16H2,1-4H3. The van der Waals surface area contributed by atoms with Crippen LogP contribution in [0.4, 0.5) is 9.59 Å². The summed E-state index contributed by atoms with van der Waals surface area (Å²) in [6, 6.07) is 19.7. The molecule has 0 aromatic heterocycles. The van der Waals surface area contributed by atoms with Crippen LogP contribution in [-0.2, 0) is 9.47 Å². The molecule has 0 saturated carbocycles. The molecule has 0 heterocycles. The Hall–Kier alpha value is -3.80. The van der Waals surface area contributed by atoms with E-state index in [1.165, 1.54) is 0 Å². The van der Waals surface area contributed by atoms with Crippen molar-refractivity contribution in [2.24, 2.45) is 11.8 Å². The SMILES string of the molecule is CC(C)COC(=O)Oc1ccc2cc3cc4ccccc4cc3cc2c1OC(=O)OCC(C)C. The smallest absolute Gasteiger partial charge is 0.434 e. The van der Waals surface area contributed by atoms with Crippen molar-refractivity contribution in [2.45, 2.75) is 27.7 Å². The number of hydrogen-bond acceptors (Lipinski definition) is 6. The molecule has 34 heavy (non-hydrogen) atoms. The third kappa shape index (κ3) is 5.39. The average molecular weight is 461 g/mol. The van der Waals surface area contributed by atoms with E-state index >= 15 is 0 Å². The van der Waals surface area contributed by atoms with Gasteiger partial charge in [-0.1, -0.05) is 58.0 Å². The fraction of sp³-hybridized carbons (Fsp3) is 0.286. The summed E-state index contributed by atoms with van der Waals surface area (Å²) in [5, 5.41) is 5.69. The summed E-state index contributed by atoms with van der Waals surface area (Å²) in [5.41, 5.74) is 0. The van der Waals surface area contributed by atoms with Crippen molar-refractivity contribution in [2.75, 3.05) is 13.2 Å². The molecule has 6 nitrogen and oxygen atoms in total. The Morgan fingerprint density at radius 2 is 1.18 bits per heavy atom. The highest BCUT2D eigenvalue weighted by molar-refractivity contribution is 6.07. The molecule has 0 amide bonds. The van der Waals surface area contributed by atoms with Crippen molar-refractivity contribution in [3.8, 4) is 11.5 Å². The molecule has 0 bridgehead atoms. The zero-order valence-corrected chi connectivity index (χ0v) is 19.8. The molecule has 0 unspecified atom stereocenters. The molecule has 176 valence electrons. The fourth-order valence-electron chi connectivity index (χ4n) is 3.61. The van der Waals surface area contributed by atoms with Crippen molar-refractivity contribution < 1.29 is 28.5 Å². The van der Waals surface area contributed by atoms with E-state index in [0.717, 1.165) is 26.9 Å². The van der Waals surface area contributed by atoms with Crippen LogP contribution >= 0.6 is 0 Å². The first-order chi connectivity index (χ1) is 16.3. The predicted molar refractivity (Wildman–Crippen MR) is 133 cm³/mol. The molecule has 4 aromatic carbocycles. The number of benzene rings is 4. The Balaban J connectivity index is 1.78. The summed E-state index contributed by atoms with van der Waals surface area (Å²) in [5.74, 6) is 0.511. The highest BCUT2D eigenvalue weighted by Crippen LogP contribution is 2.39. The number of rotatable bonds is 6. The Morgan fingerprint density at radius 3 is 1.76 bits per heavy atom. The van der Waals surface area contributed by atoms with Gasteiger partial charge in [-0.15, -0.1) is 0 Å². The molecule has 0 atom stereocenters. The van der Waals surface area contributed by atoms with Gasteiger partial charge in [-0.3, -0.25) is 0 Å². The van der Waals surface area contributed by atoms with Gasteiger partial charge in [0.2, 0.25) is 0 Å². The molecule has 0 radical (unpaired) electrons. The minimum atomic E-state index is -0.861. The van der Waals surface area contributed by atoms with Crippen LogP contribution in [0.1, 0.15) is 27.7 Å². The van der Waals surface area contributed by atoms with Crippen LogP contribution in [0.3, 0.4) is 0 Å². The fourth-order valence-corrected chi connectivity index (χ4v) is 3.61. The van der Waals surface area contributed by atoms with Crippen LogP contribution in [0.5, 0.6) is 11.5 Å². The average Bonchev–Trinajstić information content (AvgIpc) is 2.80. The molecule has 6 heteroatoms. The van der Waals surface area contributed by atoms with E-state index < -0.39 is 12.3 Å². The van der Waals surface area contributed by atoms with Gasteiger partial charge in [-0.05, 0) is 69.1 Å². The van der Waals surface area contributed by atoms with Gasteiger partial charge < -0.3 is 18.9 Å². The molecule has 0 aliphatic carbocycles. The maximum absolute atomic E-state index is 12.4. The molecule has 0 spiro atoms. The van der Waals surface area contributed by atoms with Crippen molar-refractivity contribution >= 4 is 44.6 Å². The summed E-state index contributed by atoms with van der Waals surface area (Å²) in [6.45, 7) is 8.15. The van der Waals surface area contributed by atoms with Crippen molar-refractivity contribution in [1.82, 2.24) is 0 Å². The van der Waals surface area contributed by atoms with Gasteiger partial charge in [0, 0.05) is 5.39 Å². The van der Waals surface area contributed by atoms with Gasteiger partial charge in [0.1, 0.15) is 0 Å². The van der Waals surface area contributed by atoms with Gasteiger partial charge in [0.05, 0.1) is 13.2 Å². The first-order valence-electron chi connectivity index (χ1n) is 11.4. The van der Waals surface area contributed by atoms with Crippen LogP contribution in [-0.4, -0.2) is 25.5 Å². The third-order valence-corrected chi connectivity index (χ3v) is 5.20. The van der Waals surface area contributed by atoms with E-state index in [0.29, 0.717) is 5.39 Å². The van der Waals surface area contributed by atoms with E-state index in [-0.39, 0.29) is 36.5 Å². The zero-order chi connectivity index (χ0) is 24.2. The lowest BCUT2D eigenvalue weighted by atomic mass is 9.99. The largest absolute Gasteiger partial charge is 0.514 e. The minimum absolute atomic E-state index is 0.0860. The molecule has 4 aromatic rings. The van der Waals surface area contributed by atoms with Gasteiger partial charge in [-0.25, -0.2) is 9.59 Å². The van der Waals surface area contributed by atoms with E-state index in [4.69, 9.17) is 18.9 Å². The van der Waals surface area contributed by atoms with Gasteiger partial charge >= 0.3 is 12.3 Å². The molecule has 0 saturated heterocycles. The number of hydrogen-bond donors (Lipinski definition) is 0. The van der Waals surface area contributed by atoms with E-state index in [1.54, 1.807) is 6.07 Å². The van der Waals surface area contributed by atoms with Crippen LogP contribution in [0.15, 0.2) is 60.7 Å². The highest BCUT2D eigenvalue weighted by Gasteiger charge is 2.20. The van der Waals surface area contributed by atoms with Crippen LogP contribution in [0, 0.1) is 11.8 Å². The monoisotopic (exact) mass is 460 g/mol. The molecule has 0 fully saturated rings. The first-order valence-corrected chi connectivity index (χ1v) is 11.4. The normalized spacial score (nSPS) is 11.4. The van der Waals surface area contributed by atoms with E-state index in [2.05, 4.69) is 18.2 Å². The second kappa shape index (κ2) is 10.00. The number of ether oxygens (including phenoxy) is 4. The summed E-state index contributed by atoms with van der Waals surface area (Å²) in [6.07, 6.45) is -1.72. The summed E-state index contributed by atoms with van der Waals surface area (Å²) >= 11 is 0. The van der Waals surface area contributed by atoms with Crippen LogP contribution in [0.25, 0.3) is 32.3 Å². The van der Waals surface area contributed by atoms with Gasteiger partial charge in [0.15, 0.2) is 11.5 Å². The maximum Gasteiger partial charge on any atom is 0.514 e. The molecule has 0 N–H and O–H groups in total. The lowest BCUT2D eigenvalue weighted by Gasteiger charge is -2.15. The number of fused-ring (bicyclic) bond motifs is 3. The molecule has 0 aliphatic heterocycles.